The van der Waals surface area contributed by atoms with Crippen molar-refractivity contribution in [3.8, 4) is 5.75 Å². The summed E-state index contributed by atoms with van der Waals surface area (Å²) in [6, 6.07) is 8.15. The molecule has 1 amide bonds. The van der Waals surface area contributed by atoms with E-state index >= 15 is 0 Å². The van der Waals surface area contributed by atoms with E-state index in [1.807, 2.05) is 0 Å². The van der Waals surface area contributed by atoms with Gasteiger partial charge in [-0.15, -0.1) is 0 Å². The van der Waals surface area contributed by atoms with E-state index in [2.05, 4.69) is 5.32 Å². The Hall–Kier alpha value is -2.78. The number of anilines is 2. The summed E-state index contributed by atoms with van der Waals surface area (Å²) in [7, 11) is -2.39. The standard InChI is InChI=1S/C21H25ClN2O6S/c1-6-30-21(26)16-8-7-9-18(13(16)2)23-20(25)14(3)24(31(5,27)28)15-10-11-19(29-4)17(22)12-15/h7-12,14H,6H2,1-5H3,(H,23,25)/t14-/m0/s1. The molecule has 2 aromatic rings. The average Bonchev–Trinajstić information content (AvgIpc) is 2.68. The van der Waals surface area contributed by atoms with Crippen molar-refractivity contribution < 1.29 is 27.5 Å². The van der Waals surface area contributed by atoms with Crippen molar-refractivity contribution in [2.24, 2.45) is 0 Å². The van der Waals surface area contributed by atoms with Gasteiger partial charge in [-0.3, -0.25) is 9.10 Å². The molecule has 8 nitrogen and oxygen atoms in total. The molecule has 0 aromatic heterocycles. The highest BCUT2D eigenvalue weighted by Crippen LogP contribution is 2.31. The fourth-order valence-corrected chi connectivity index (χ4v) is 4.46. The molecule has 2 rings (SSSR count). The van der Waals surface area contributed by atoms with Crippen LogP contribution in [-0.4, -0.2) is 46.3 Å². The molecular weight excluding hydrogens is 444 g/mol. The number of carbonyl (C=O) groups excluding carboxylic acids is 2. The molecule has 10 heteroatoms. The Morgan fingerprint density at radius 1 is 1.23 bits per heavy atom. The highest BCUT2D eigenvalue weighted by Gasteiger charge is 2.30. The molecule has 0 saturated heterocycles. The molecule has 0 aliphatic heterocycles. The normalized spacial score (nSPS) is 12.1. The van der Waals surface area contributed by atoms with Crippen LogP contribution < -0.4 is 14.4 Å². The molecular formula is C21H25ClN2O6S. The van der Waals surface area contributed by atoms with E-state index in [0.717, 1.165) is 10.6 Å². The van der Waals surface area contributed by atoms with E-state index in [9.17, 15) is 18.0 Å². The number of methoxy groups -OCH3 is 1. The van der Waals surface area contributed by atoms with Gasteiger partial charge in [-0.1, -0.05) is 17.7 Å². The van der Waals surface area contributed by atoms with Gasteiger partial charge < -0.3 is 14.8 Å². The monoisotopic (exact) mass is 468 g/mol. The van der Waals surface area contributed by atoms with Gasteiger partial charge in [0.1, 0.15) is 11.8 Å². The van der Waals surface area contributed by atoms with Crippen LogP contribution in [0, 0.1) is 6.92 Å². The topological polar surface area (TPSA) is 102 Å². The number of esters is 1. The molecule has 1 atom stereocenters. The van der Waals surface area contributed by atoms with Crippen molar-refractivity contribution in [2.45, 2.75) is 26.8 Å². The van der Waals surface area contributed by atoms with Crippen molar-refractivity contribution in [1.29, 1.82) is 0 Å². The molecule has 1 N–H and O–H groups in total. The first-order chi connectivity index (χ1) is 14.5. The predicted octanol–water partition coefficient (Wildman–Crippen LogP) is 3.63. The van der Waals surface area contributed by atoms with Gasteiger partial charge in [-0.05, 0) is 56.7 Å². The summed E-state index contributed by atoms with van der Waals surface area (Å²) in [6.45, 7) is 5.05. The van der Waals surface area contributed by atoms with Crippen LogP contribution in [0.4, 0.5) is 11.4 Å². The third kappa shape index (κ3) is 5.68. The summed E-state index contributed by atoms with van der Waals surface area (Å²) in [4.78, 5) is 25.1. The molecule has 0 unspecified atom stereocenters. The molecule has 2 aromatic carbocycles. The lowest BCUT2D eigenvalue weighted by Crippen LogP contribution is -2.45. The van der Waals surface area contributed by atoms with Crippen LogP contribution in [0.15, 0.2) is 36.4 Å². The molecule has 0 aliphatic carbocycles. The van der Waals surface area contributed by atoms with Crippen LogP contribution in [0.2, 0.25) is 5.02 Å². The molecule has 0 radical (unpaired) electrons. The fourth-order valence-electron chi connectivity index (χ4n) is 3.04. The Kier molecular flexibility index (Phi) is 7.91. The van der Waals surface area contributed by atoms with Gasteiger partial charge >= 0.3 is 5.97 Å². The number of sulfonamides is 1. The summed E-state index contributed by atoms with van der Waals surface area (Å²) in [5.41, 5.74) is 1.42. The molecule has 31 heavy (non-hydrogen) atoms. The number of hydrogen-bond donors (Lipinski definition) is 1. The van der Waals surface area contributed by atoms with Gasteiger partial charge in [0.25, 0.3) is 0 Å². The number of carbonyl (C=O) groups is 2. The summed E-state index contributed by atoms with van der Waals surface area (Å²) in [6.07, 6.45) is 1.00. The lowest BCUT2D eigenvalue weighted by molar-refractivity contribution is -0.116. The zero-order chi connectivity index (χ0) is 23.3. The van der Waals surface area contributed by atoms with E-state index in [1.165, 1.54) is 32.2 Å². The molecule has 0 aliphatic rings. The lowest BCUT2D eigenvalue weighted by atomic mass is 10.1. The Bertz CT molecular complexity index is 1090. The lowest BCUT2D eigenvalue weighted by Gasteiger charge is -2.28. The van der Waals surface area contributed by atoms with Crippen LogP contribution in [0.5, 0.6) is 5.75 Å². The highest BCUT2D eigenvalue weighted by molar-refractivity contribution is 7.92. The Balaban J connectivity index is 2.36. The van der Waals surface area contributed by atoms with Crippen LogP contribution >= 0.6 is 11.6 Å². The van der Waals surface area contributed by atoms with Gasteiger partial charge in [0.15, 0.2) is 0 Å². The number of halogens is 1. The van der Waals surface area contributed by atoms with E-state index < -0.39 is 27.9 Å². The van der Waals surface area contributed by atoms with Gasteiger partial charge in [0.05, 0.1) is 36.2 Å². The number of rotatable bonds is 8. The SMILES string of the molecule is CCOC(=O)c1cccc(NC(=O)[C@H](C)N(c2ccc(OC)c(Cl)c2)S(C)(=O)=O)c1C. The quantitative estimate of drug-likeness (QED) is 0.593. The fraction of sp³-hybridized carbons (Fsp3) is 0.333. The third-order valence-corrected chi connectivity index (χ3v) is 6.10. The highest BCUT2D eigenvalue weighted by atomic mass is 35.5. The first kappa shape index (κ1) is 24.5. The molecule has 0 spiro atoms. The summed E-state index contributed by atoms with van der Waals surface area (Å²) >= 11 is 6.14. The van der Waals surface area contributed by atoms with Crippen molar-refractivity contribution in [1.82, 2.24) is 0 Å². The third-order valence-electron chi connectivity index (χ3n) is 4.57. The Labute approximate surface area is 187 Å². The number of nitrogens with zero attached hydrogens (tertiary/aromatic N) is 1. The first-order valence-electron chi connectivity index (χ1n) is 9.41. The van der Waals surface area contributed by atoms with Crippen LogP contribution in [0.1, 0.15) is 29.8 Å². The smallest absolute Gasteiger partial charge is 0.338 e. The molecule has 0 heterocycles. The van der Waals surface area contributed by atoms with Gasteiger partial charge in [0, 0.05) is 5.69 Å². The maximum atomic E-state index is 12.9. The Morgan fingerprint density at radius 2 is 1.90 bits per heavy atom. The van der Waals surface area contributed by atoms with Gasteiger partial charge in [0.2, 0.25) is 15.9 Å². The van der Waals surface area contributed by atoms with Crippen molar-refractivity contribution in [3.05, 3.63) is 52.5 Å². The maximum Gasteiger partial charge on any atom is 0.338 e. The summed E-state index contributed by atoms with van der Waals surface area (Å²) in [5, 5.41) is 2.90. The van der Waals surface area contributed by atoms with Gasteiger partial charge in [-0.2, -0.15) is 0 Å². The van der Waals surface area contributed by atoms with E-state index in [0.29, 0.717) is 22.6 Å². The summed E-state index contributed by atoms with van der Waals surface area (Å²) < 4.78 is 36.1. The van der Waals surface area contributed by atoms with E-state index in [1.54, 1.807) is 32.0 Å². The average molecular weight is 469 g/mol. The summed E-state index contributed by atoms with van der Waals surface area (Å²) in [5.74, 6) is -0.710. The Morgan fingerprint density at radius 3 is 2.45 bits per heavy atom. The second kappa shape index (κ2) is 10.0. The molecule has 0 fully saturated rings. The zero-order valence-electron chi connectivity index (χ0n) is 17.9. The second-order valence-corrected chi connectivity index (χ2v) is 9.01. The number of ether oxygens (including phenoxy) is 2. The van der Waals surface area contributed by atoms with E-state index in [-0.39, 0.29) is 17.3 Å². The van der Waals surface area contributed by atoms with Crippen molar-refractivity contribution in [2.75, 3.05) is 29.6 Å². The van der Waals surface area contributed by atoms with Crippen LogP contribution in [0.25, 0.3) is 0 Å². The van der Waals surface area contributed by atoms with Crippen molar-refractivity contribution in [3.63, 3.8) is 0 Å². The van der Waals surface area contributed by atoms with Crippen LogP contribution in [-0.2, 0) is 19.6 Å². The minimum Gasteiger partial charge on any atom is -0.495 e. The maximum absolute atomic E-state index is 12.9. The number of hydrogen-bond acceptors (Lipinski definition) is 6. The number of nitrogens with one attached hydrogen (secondary N) is 1. The largest absolute Gasteiger partial charge is 0.495 e. The molecule has 168 valence electrons. The van der Waals surface area contributed by atoms with Gasteiger partial charge in [-0.25, -0.2) is 13.2 Å². The minimum atomic E-state index is -3.83. The number of benzene rings is 2. The number of amides is 1. The van der Waals surface area contributed by atoms with Crippen molar-refractivity contribution >= 4 is 44.9 Å². The first-order valence-corrected chi connectivity index (χ1v) is 11.6. The zero-order valence-corrected chi connectivity index (χ0v) is 19.5. The van der Waals surface area contributed by atoms with Crippen LogP contribution in [0.3, 0.4) is 0 Å². The van der Waals surface area contributed by atoms with E-state index in [4.69, 9.17) is 21.1 Å². The molecule has 0 bridgehead atoms. The minimum absolute atomic E-state index is 0.208. The molecule has 0 saturated carbocycles. The second-order valence-electron chi connectivity index (χ2n) is 6.74. The predicted molar refractivity (Wildman–Crippen MR) is 121 cm³/mol.